The minimum atomic E-state index is 0.0321. The Morgan fingerprint density at radius 1 is 0.600 bits per heavy atom. The lowest BCUT2D eigenvalue weighted by Gasteiger charge is -2.42. The van der Waals surface area contributed by atoms with E-state index in [2.05, 4.69) is 176 Å². The topological polar surface area (TPSA) is 3.88 Å². The third kappa shape index (κ3) is 5.15. The van der Waals surface area contributed by atoms with E-state index in [4.69, 9.17) is 0 Å². The van der Waals surface area contributed by atoms with E-state index in [1.807, 2.05) is 0 Å². The van der Waals surface area contributed by atoms with Crippen LogP contribution in [0.5, 0.6) is 0 Å². The molecule has 6 rings (SSSR count). The number of hydrogen-bond donors (Lipinski definition) is 0. The van der Waals surface area contributed by atoms with Gasteiger partial charge in [-0.15, -0.1) is 0 Å². The van der Waals surface area contributed by atoms with Gasteiger partial charge < -0.3 is 0 Å². The molecule has 0 spiro atoms. The molecule has 1 aromatic heterocycles. The second-order valence-electron chi connectivity index (χ2n) is 14.8. The lowest BCUT2D eigenvalue weighted by atomic mass is 9.64. The van der Waals surface area contributed by atoms with Crippen LogP contribution < -0.4 is 4.57 Å². The molecule has 45 heavy (non-hydrogen) atoms. The predicted octanol–water partition coefficient (Wildman–Crippen LogP) is 11.9. The van der Waals surface area contributed by atoms with Gasteiger partial charge in [-0.1, -0.05) is 146 Å². The minimum absolute atomic E-state index is 0.0321. The molecule has 4 aromatic carbocycles. The Balaban J connectivity index is 1.42. The highest BCUT2D eigenvalue weighted by Gasteiger charge is 2.51. The first-order valence-corrected chi connectivity index (χ1v) is 16.9. The van der Waals surface area contributed by atoms with Gasteiger partial charge in [-0.2, -0.15) is 4.57 Å². The SMILES string of the molecule is CCC1(CC)C(C)c2ccc(-c3ccc(-c4ccc(-c5ccccc5)cc4)cc3)cc2-c2cc(C(C)(C)C(C)(C)C)cc(C)[n+]21. The van der Waals surface area contributed by atoms with Crippen molar-refractivity contribution in [3.05, 3.63) is 126 Å². The van der Waals surface area contributed by atoms with Crippen molar-refractivity contribution in [1.29, 1.82) is 0 Å². The summed E-state index contributed by atoms with van der Waals surface area (Å²) < 4.78 is 2.70. The molecule has 0 saturated carbocycles. The monoisotopic (exact) mass is 592 g/mol. The van der Waals surface area contributed by atoms with Crippen molar-refractivity contribution < 1.29 is 4.57 Å². The van der Waals surface area contributed by atoms with Crippen LogP contribution >= 0.6 is 0 Å². The van der Waals surface area contributed by atoms with Crippen LogP contribution in [-0.2, 0) is 11.0 Å². The third-order valence-electron chi connectivity index (χ3n) is 11.7. The zero-order valence-electron chi connectivity index (χ0n) is 28.8. The number of benzene rings is 4. The zero-order chi connectivity index (χ0) is 32.1. The standard InChI is InChI=1S/C44H50N/c1-10-44(11-2)31(4)39-26-25-37(28-40(39)41-29-38(27-30(3)45(41)44)43(8,9)42(5,6)7)36-23-21-35(22-24-36)34-19-17-33(18-20-34)32-15-13-12-14-16-32/h12-29,31H,10-11H2,1-9H3/q+1. The molecule has 1 aliphatic heterocycles. The van der Waals surface area contributed by atoms with E-state index in [1.165, 1.54) is 61.5 Å². The zero-order valence-corrected chi connectivity index (χ0v) is 28.8. The Morgan fingerprint density at radius 3 is 1.56 bits per heavy atom. The first-order chi connectivity index (χ1) is 21.4. The fraction of sp³-hybridized carbons (Fsp3) is 0.341. The number of pyridine rings is 1. The van der Waals surface area contributed by atoms with Crippen molar-refractivity contribution >= 4 is 0 Å². The van der Waals surface area contributed by atoms with Crippen LogP contribution in [0.2, 0.25) is 0 Å². The molecule has 0 N–H and O–H groups in total. The average Bonchev–Trinajstić information content (AvgIpc) is 3.05. The summed E-state index contributed by atoms with van der Waals surface area (Å²) in [6.07, 6.45) is 2.22. The molecule has 1 nitrogen and oxygen atoms in total. The van der Waals surface area contributed by atoms with E-state index < -0.39 is 0 Å². The highest BCUT2D eigenvalue weighted by Crippen LogP contribution is 2.48. The summed E-state index contributed by atoms with van der Waals surface area (Å²) in [6.45, 7) is 21.5. The van der Waals surface area contributed by atoms with Crippen LogP contribution in [0.3, 0.4) is 0 Å². The number of aromatic nitrogens is 1. The average molecular weight is 593 g/mol. The summed E-state index contributed by atoms with van der Waals surface area (Å²) >= 11 is 0. The van der Waals surface area contributed by atoms with Crippen molar-refractivity contribution in [3.63, 3.8) is 0 Å². The van der Waals surface area contributed by atoms with Crippen molar-refractivity contribution in [2.75, 3.05) is 0 Å². The van der Waals surface area contributed by atoms with Gasteiger partial charge in [-0.05, 0) is 61.4 Å². The van der Waals surface area contributed by atoms with Crippen LogP contribution in [0, 0.1) is 12.3 Å². The van der Waals surface area contributed by atoms with Crippen LogP contribution in [0.1, 0.15) is 91.0 Å². The summed E-state index contributed by atoms with van der Waals surface area (Å²) in [4.78, 5) is 0. The molecule has 0 fully saturated rings. The first-order valence-electron chi connectivity index (χ1n) is 16.9. The summed E-state index contributed by atoms with van der Waals surface area (Å²) in [5.41, 5.74) is 14.8. The van der Waals surface area contributed by atoms with Gasteiger partial charge in [0.25, 0.3) is 0 Å². The minimum Gasteiger partial charge on any atom is -0.190 e. The van der Waals surface area contributed by atoms with Crippen molar-refractivity contribution in [3.8, 4) is 44.6 Å². The normalized spacial score (nSPS) is 15.8. The summed E-state index contributed by atoms with van der Waals surface area (Å²) in [5, 5.41) is 0. The third-order valence-corrected chi connectivity index (χ3v) is 11.7. The molecule has 0 saturated heterocycles. The number of fused-ring (bicyclic) bond motifs is 3. The van der Waals surface area contributed by atoms with Gasteiger partial charge in [0.2, 0.25) is 5.69 Å². The Kier molecular flexibility index (Phi) is 7.88. The van der Waals surface area contributed by atoms with Crippen LogP contribution in [-0.4, -0.2) is 0 Å². The molecule has 0 aliphatic carbocycles. The van der Waals surface area contributed by atoms with E-state index >= 15 is 0 Å². The number of hydrogen-bond acceptors (Lipinski definition) is 0. The number of aryl methyl sites for hydroxylation is 1. The van der Waals surface area contributed by atoms with Gasteiger partial charge >= 0.3 is 0 Å². The quantitative estimate of drug-likeness (QED) is 0.173. The van der Waals surface area contributed by atoms with Gasteiger partial charge in [-0.3, -0.25) is 0 Å². The van der Waals surface area contributed by atoms with E-state index in [0.29, 0.717) is 5.92 Å². The van der Waals surface area contributed by atoms with E-state index in [0.717, 1.165) is 12.8 Å². The van der Waals surface area contributed by atoms with Crippen molar-refractivity contribution in [1.82, 2.24) is 0 Å². The molecule has 1 atom stereocenters. The molecular weight excluding hydrogens is 542 g/mol. The second-order valence-corrected chi connectivity index (χ2v) is 14.8. The van der Waals surface area contributed by atoms with Gasteiger partial charge in [-0.25, -0.2) is 0 Å². The molecular formula is C44H50N+. The van der Waals surface area contributed by atoms with Crippen LogP contribution in [0.4, 0.5) is 0 Å². The fourth-order valence-corrected chi connectivity index (χ4v) is 7.65. The van der Waals surface area contributed by atoms with E-state index in [9.17, 15) is 0 Å². The van der Waals surface area contributed by atoms with Crippen molar-refractivity contribution in [2.45, 2.75) is 92.0 Å². The smallest absolute Gasteiger partial charge is 0.190 e. The molecule has 0 radical (unpaired) electrons. The Bertz CT molecular complexity index is 1810. The summed E-state index contributed by atoms with van der Waals surface area (Å²) in [5.74, 6) is 0.426. The molecule has 0 bridgehead atoms. The highest BCUT2D eigenvalue weighted by molar-refractivity contribution is 5.77. The van der Waals surface area contributed by atoms with E-state index in [1.54, 1.807) is 0 Å². The van der Waals surface area contributed by atoms with Crippen LogP contribution in [0.25, 0.3) is 44.6 Å². The molecule has 1 aliphatic rings. The lowest BCUT2D eigenvalue weighted by Crippen LogP contribution is -2.63. The maximum atomic E-state index is 2.70. The predicted molar refractivity (Wildman–Crippen MR) is 193 cm³/mol. The highest BCUT2D eigenvalue weighted by atomic mass is 15.1. The fourth-order valence-electron chi connectivity index (χ4n) is 7.65. The Hall–Kier alpha value is -3.97. The maximum Gasteiger partial charge on any atom is 0.213 e. The first kappa shape index (κ1) is 31.0. The Labute approximate surface area is 272 Å². The van der Waals surface area contributed by atoms with Crippen molar-refractivity contribution in [2.24, 2.45) is 5.41 Å². The molecule has 2 heterocycles. The number of nitrogens with zero attached hydrogens (tertiary/aromatic N) is 1. The molecule has 1 unspecified atom stereocenters. The summed E-state index contributed by atoms with van der Waals surface area (Å²) in [6, 6.07) is 40.8. The van der Waals surface area contributed by atoms with Gasteiger partial charge in [0.15, 0.2) is 11.2 Å². The summed E-state index contributed by atoms with van der Waals surface area (Å²) in [7, 11) is 0. The lowest BCUT2D eigenvalue weighted by molar-refractivity contribution is -0.767. The number of rotatable bonds is 6. The van der Waals surface area contributed by atoms with E-state index in [-0.39, 0.29) is 16.4 Å². The second kappa shape index (κ2) is 11.4. The van der Waals surface area contributed by atoms with Gasteiger partial charge in [0.05, 0.1) is 5.56 Å². The molecule has 1 heteroatoms. The molecule has 0 amide bonds. The Morgan fingerprint density at radius 2 is 1.07 bits per heavy atom. The molecule has 230 valence electrons. The van der Waals surface area contributed by atoms with Crippen LogP contribution in [0.15, 0.2) is 109 Å². The largest absolute Gasteiger partial charge is 0.213 e. The van der Waals surface area contributed by atoms with Gasteiger partial charge in [0, 0.05) is 37.8 Å². The van der Waals surface area contributed by atoms with Gasteiger partial charge in [0.1, 0.15) is 0 Å². The maximum absolute atomic E-state index is 2.70. The molecule has 5 aromatic rings.